The maximum Gasteiger partial charge on any atom is 0.248 e. The van der Waals surface area contributed by atoms with Gasteiger partial charge in [0.2, 0.25) is 5.56 Å². The van der Waals surface area contributed by atoms with Crippen LogP contribution >= 0.6 is 0 Å². The number of aliphatic hydroxyl groups is 1. The molecule has 1 aliphatic carbocycles. The quantitative estimate of drug-likeness (QED) is 0.812. The standard InChI is InChI=1S/C17H20N2O2/c1-11(20)12-5-2-3-6-14(12)18-15-7-4-8-16-13(15)9-10-17(21)19-16/h2-3,5-6,9-11,15,18,20H,4,7-8H2,1H3,(H,19,21). The van der Waals surface area contributed by atoms with Crippen molar-refractivity contribution in [3.63, 3.8) is 0 Å². The number of benzene rings is 1. The van der Waals surface area contributed by atoms with Crippen LogP contribution in [-0.4, -0.2) is 10.1 Å². The number of hydrogen-bond acceptors (Lipinski definition) is 3. The van der Waals surface area contributed by atoms with E-state index in [9.17, 15) is 9.90 Å². The highest BCUT2D eigenvalue weighted by atomic mass is 16.3. The lowest BCUT2D eigenvalue weighted by molar-refractivity contribution is 0.200. The van der Waals surface area contributed by atoms with Crippen molar-refractivity contribution in [2.24, 2.45) is 0 Å². The average molecular weight is 284 g/mol. The number of rotatable bonds is 3. The van der Waals surface area contributed by atoms with Gasteiger partial charge >= 0.3 is 0 Å². The van der Waals surface area contributed by atoms with E-state index in [2.05, 4.69) is 10.3 Å². The fourth-order valence-corrected chi connectivity index (χ4v) is 3.03. The Kier molecular flexibility index (Phi) is 3.80. The maximum absolute atomic E-state index is 11.4. The summed E-state index contributed by atoms with van der Waals surface area (Å²) in [4.78, 5) is 14.4. The Bertz CT molecular complexity index is 691. The molecule has 0 bridgehead atoms. The lowest BCUT2D eigenvalue weighted by atomic mass is 9.91. The predicted octanol–water partition coefficient (Wildman–Crippen LogP) is 2.92. The van der Waals surface area contributed by atoms with Crippen LogP contribution in [0.25, 0.3) is 0 Å². The molecule has 3 N–H and O–H groups in total. The van der Waals surface area contributed by atoms with E-state index in [1.807, 2.05) is 30.3 Å². The van der Waals surface area contributed by atoms with Crippen LogP contribution in [0, 0.1) is 0 Å². The van der Waals surface area contributed by atoms with Crippen LogP contribution in [0.15, 0.2) is 41.2 Å². The molecule has 4 nitrogen and oxygen atoms in total. The van der Waals surface area contributed by atoms with Gasteiger partial charge in [-0.1, -0.05) is 18.2 Å². The second kappa shape index (κ2) is 5.74. The van der Waals surface area contributed by atoms with Crippen LogP contribution in [0.4, 0.5) is 5.69 Å². The first-order valence-corrected chi connectivity index (χ1v) is 7.41. The monoisotopic (exact) mass is 284 g/mol. The van der Waals surface area contributed by atoms with Gasteiger partial charge in [0.05, 0.1) is 12.1 Å². The SMILES string of the molecule is CC(O)c1ccccc1NC1CCCc2[nH]c(=O)ccc21. The second-order valence-corrected chi connectivity index (χ2v) is 5.61. The first-order valence-electron chi connectivity index (χ1n) is 7.41. The van der Waals surface area contributed by atoms with Gasteiger partial charge in [0.1, 0.15) is 0 Å². The fraction of sp³-hybridized carbons (Fsp3) is 0.353. The predicted molar refractivity (Wildman–Crippen MR) is 83.4 cm³/mol. The Morgan fingerprint density at radius 1 is 1.29 bits per heavy atom. The maximum atomic E-state index is 11.4. The first-order chi connectivity index (χ1) is 10.1. The van der Waals surface area contributed by atoms with Crippen molar-refractivity contribution < 1.29 is 5.11 Å². The summed E-state index contributed by atoms with van der Waals surface area (Å²) < 4.78 is 0. The van der Waals surface area contributed by atoms with E-state index in [4.69, 9.17) is 0 Å². The van der Waals surface area contributed by atoms with Crippen molar-refractivity contribution >= 4 is 5.69 Å². The summed E-state index contributed by atoms with van der Waals surface area (Å²) >= 11 is 0. The zero-order valence-corrected chi connectivity index (χ0v) is 12.1. The lowest BCUT2D eigenvalue weighted by Crippen LogP contribution is -2.22. The van der Waals surface area contributed by atoms with Crippen LogP contribution < -0.4 is 10.9 Å². The van der Waals surface area contributed by atoms with Gasteiger partial charge in [0, 0.05) is 23.0 Å². The van der Waals surface area contributed by atoms with Crippen molar-refractivity contribution in [1.82, 2.24) is 4.98 Å². The molecule has 4 heteroatoms. The van der Waals surface area contributed by atoms with Crippen molar-refractivity contribution in [3.8, 4) is 0 Å². The molecule has 3 rings (SSSR count). The van der Waals surface area contributed by atoms with E-state index < -0.39 is 6.10 Å². The van der Waals surface area contributed by atoms with E-state index in [1.54, 1.807) is 13.0 Å². The van der Waals surface area contributed by atoms with E-state index in [-0.39, 0.29) is 11.6 Å². The summed E-state index contributed by atoms with van der Waals surface area (Å²) in [5.74, 6) is 0. The minimum atomic E-state index is -0.507. The average Bonchev–Trinajstić information content (AvgIpc) is 2.47. The number of nitrogens with one attached hydrogen (secondary N) is 2. The normalized spacial score (nSPS) is 18.9. The largest absolute Gasteiger partial charge is 0.389 e. The third-order valence-corrected chi connectivity index (χ3v) is 4.07. The zero-order valence-electron chi connectivity index (χ0n) is 12.1. The van der Waals surface area contributed by atoms with Gasteiger partial charge in [-0.25, -0.2) is 0 Å². The van der Waals surface area contributed by atoms with E-state index in [1.165, 1.54) is 0 Å². The van der Waals surface area contributed by atoms with Gasteiger partial charge in [-0.3, -0.25) is 4.79 Å². The zero-order chi connectivity index (χ0) is 14.8. The second-order valence-electron chi connectivity index (χ2n) is 5.61. The molecule has 0 fully saturated rings. The smallest absolute Gasteiger partial charge is 0.248 e. The molecule has 0 saturated carbocycles. The number of H-pyrrole nitrogens is 1. The van der Waals surface area contributed by atoms with Crippen molar-refractivity contribution in [3.05, 3.63) is 63.6 Å². The molecule has 2 atom stereocenters. The third kappa shape index (κ3) is 2.85. The molecule has 0 amide bonds. The molecule has 2 aromatic rings. The Hall–Kier alpha value is -2.07. The van der Waals surface area contributed by atoms with Crippen LogP contribution in [0.2, 0.25) is 0 Å². The van der Waals surface area contributed by atoms with Gasteiger partial charge in [0.15, 0.2) is 0 Å². The number of fused-ring (bicyclic) bond motifs is 1. The number of hydrogen-bond donors (Lipinski definition) is 3. The molecule has 0 radical (unpaired) electrons. The van der Waals surface area contributed by atoms with E-state index >= 15 is 0 Å². The number of aliphatic hydroxyl groups excluding tert-OH is 1. The molecule has 0 saturated heterocycles. The highest BCUT2D eigenvalue weighted by Crippen LogP contribution is 2.33. The molecular formula is C17H20N2O2. The highest BCUT2D eigenvalue weighted by Gasteiger charge is 2.21. The Morgan fingerprint density at radius 2 is 2.10 bits per heavy atom. The molecule has 1 aromatic heterocycles. The molecule has 1 aromatic carbocycles. The van der Waals surface area contributed by atoms with Crippen molar-refractivity contribution in [1.29, 1.82) is 0 Å². The Morgan fingerprint density at radius 3 is 2.90 bits per heavy atom. The molecule has 21 heavy (non-hydrogen) atoms. The van der Waals surface area contributed by atoms with Crippen LogP contribution in [0.3, 0.4) is 0 Å². The van der Waals surface area contributed by atoms with Gasteiger partial charge in [-0.15, -0.1) is 0 Å². The van der Waals surface area contributed by atoms with Gasteiger partial charge in [0.25, 0.3) is 0 Å². The summed E-state index contributed by atoms with van der Waals surface area (Å²) in [7, 11) is 0. The molecule has 1 aliphatic rings. The van der Waals surface area contributed by atoms with Crippen molar-refractivity contribution in [2.45, 2.75) is 38.3 Å². The molecule has 0 spiro atoms. The van der Waals surface area contributed by atoms with E-state index in [0.717, 1.165) is 41.8 Å². The Labute approximate surface area is 123 Å². The number of para-hydroxylation sites is 1. The first kappa shape index (κ1) is 13.9. The van der Waals surface area contributed by atoms with Crippen molar-refractivity contribution in [2.75, 3.05) is 5.32 Å². The molecule has 2 unspecified atom stereocenters. The van der Waals surface area contributed by atoms with Gasteiger partial charge in [-0.05, 0) is 43.9 Å². The molecule has 110 valence electrons. The van der Waals surface area contributed by atoms with Crippen LogP contribution in [-0.2, 0) is 6.42 Å². The Balaban J connectivity index is 1.92. The minimum Gasteiger partial charge on any atom is -0.389 e. The van der Waals surface area contributed by atoms with Crippen LogP contribution in [0.5, 0.6) is 0 Å². The summed E-state index contributed by atoms with van der Waals surface area (Å²) in [5, 5.41) is 13.4. The highest BCUT2D eigenvalue weighted by molar-refractivity contribution is 5.54. The number of anilines is 1. The van der Waals surface area contributed by atoms with Gasteiger partial charge < -0.3 is 15.4 Å². The summed E-state index contributed by atoms with van der Waals surface area (Å²) in [6.45, 7) is 1.77. The summed E-state index contributed by atoms with van der Waals surface area (Å²) in [6.07, 6.45) is 2.48. The molecule has 0 aliphatic heterocycles. The number of pyridine rings is 1. The number of aromatic nitrogens is 1. The number of aryl methyl sites for hydroxylation is 1. The fourth-order valence-electron chi connectivity index (χ4n) is 3.03. The number of aromatic amines is 1. The molecular weight excluding hydrogens is 264 g/mol. The minimum absolute atomic E-state index is 0.0428. The summed E-state index contributed by atoms with van der Waals surface area (Å²) in [6, 6.07) is 11.5. The van der Waals surface area contributed by atoms with Crippen LogP contribution in [0.1, 0.15) is 48.7 Å². The summed E-state index contributed by atoms with van der Waals surface area (Å²) in [5.41, 5.74) is 3.99. The lowest BCUT2D eigenvalue weighted by Gasteiger charge is -2.28. The molecule has 1 heterocycles. The van der Waals surface area contributed by atoms with E-state index in [0.29, 0.717) is 0 Å². The topological polar surface area (TPSA) is 65.1 Å². The van der Waals surface area contributed by atoms with Gasteiger partial charge in [-0.2, -0.15) is 0 Å². The third-order valence-electron chi connectivity index (χ3n) is 4.07.